The van der Waals surface area contributed by atoms with E-state index in [9.17, 15) is 10.1 Å². The van der Waals surface area contributed by atoms with Gasteiger partial charge in [-0.1, -0.05) is 15.9 Å². The van der Waals surface area contributed by atoms with Crippen LogP contribution in [0.4, 0.5) is 5.69 Å². The van der Waals surface area contributed by atoms with Crippen LogP contribution in [-0.4, -0.2) is 17.4 Å². The quantitative estimate of drug-likeness (QED) is 0.382. The predicted octanol–water partition coefficient (Wildman–Crippen LogP) is 1.98. The van der Waals surface area contributed by atoms with Gasteiger partial charge in [-0.05, 0) is 18.6 Å². The van der Waals surface area contributed by atoms with E-state index in [1.54, 1.807) is 13.0 Å². The number of ether oxygens (including phenoxy) is 1. The van der Waals surface area contributed by atoms with Crippen LogP contribution in [-0.2, 0) is 0 Å². The third-order valence-electron chi connectivity index (χ3n) is 1.79. The first-order chi connectivity index (χ1) is 7.41. The predicted molar refractivity (Wildman–Crippen MR) is 62.9 cm³/mol. The number of halogens is 1. The number of hydrogen-bond acceptors (Lipinski definition) is 4. The number of amidine groups is 1. The topological polar surface area (TPSA) is 102 Å². The lowest BCUT2D eigenvalue weighted by atomic mass is 10.2. The smallest absolute Gasteiger partial charge is 0.312 e. The molecule has 0 aliphatic rings. The van der Waals surface area contributed by atoms with Crippen molar-refractivity contribution in [2.45, 2.75) is 6.92 Å². The summed E-state index contributed by atoms with van der Waals surface area (Å²) in [5.74, 6) is -0.0417. The fourth-order valence-electron chi connectivity index (χ4n) is 1.19. The molecular weight excluding hydrogens is 278 g/mol. The minimum atomic E-state index is -0.534. The Kier molecular flexibility index (Phi) is 3.83. The lowest BCUT2D eigenvalue weighted by Gasteiger charge is -2.09. The number of hydrogen-bond donors (Lipinski definition) is 2. The maximum absolute atomic E-state index is 10.8. The summed E-state index contributed by atoms with van der Waals surface area (Å²) in [6.45, 7) is 1.52. The van der Waals surface area contributed by atoms with Crippen molar-refractivity contribution in [3.05, 3.63) is 32.3 Å². The summed E-state index contributed by atoms with van der Waals surface area (Å²) >= 11 is 3.17. The normalized spacial score (nSPS) is 9.88. The monoisotopic (exact) mass is 287 g/mol. The Morgan fingerprint density at radius 1 is 1.69 bits per heavy atom. The molecule has 3 N–H and O–H groups in total. The van der Waals surface area contributed by atoms with E-state index in [1.165, 1.54) is 6.07 Å². The van der Waals surface area contributed by atoms with Gasteiger partial charge in [-0.3, -0.25) is 15.5 Å². The summed E-state index contributed by atoms with van der Waals surface area (Å²) in [6, 6.07) is 3.05. The zero-order valence-corrected chi connectivity index (χ0v) is 10.1. The van der Waals surface area contributed by atoms with Gasteiger partial charge in [0.15, 0.2) is 0 Å². The number of aryl methyl sites for hydroxylation is 1. The van der Waals surface area contributed by atoms with Gasteiger partial charge in [0.25, 0.3) is 0 Å². The highest BCUT2D eigenvalue weighted by atomic mass is 79.9. The molecule has 1 aromatic rings. The molecule has 0 spiro atoms. The van der Waals surface area contributed by atoms with Crippen molar-refractivity contribution in [2.24, 2.45) is 5.73 Å². The Bertz CT molecular complexity index is 448. The van der Waals surface area contributed by atoms with Gasteiger partial charge >= 0.3 is 5.69 Å². The Balaban J connectivity index is 3.14. The fourth-order valence-corrected chi connectivity index (χ4v) is 1.75. The summed E-state index contributed by atoms with van der Waals surface area (Å²) in [6.07, 6.45) is 0. The van der Waals surface area contributed by atoms with E-state index in [0.717, 1.165) is 0 Å². The number of nitro benzene ring substituents is 1. The average Bonchev–Trinajstić information content (AvgIpc) is 2.14. The van der Waals surface area contributed by atoms with Crippen LogP contribution in [0.25, 0.3) is 0 Å². The van der Waals surface area contributed by atoms with Crippen LogP contribution in [0.5, 0.6) is 5.75 Å². The molecule has 16 heavy (non-hydrogen) atoms. The van der Waals surface area contributed by atoms with Crippen LogP contribution in [0.1, 0.15) is 5.56 Å². The Morgan fingerprint density at radius 3 is 2.81 bits per heavy atom. The summed E-state index contributed by atoms with van der Waals surface area (Å²) in [5.41, 5.74) is 5.59. The Hall–Kier alpha value is -1.63. The second-order valence-corrected chi connectivity index (χ2v) is 4.06. The summed E-state index contributed by atoms with van der Waals surface area (Å²) < 4.78 is 5.74. The lowest BCUT2D eigenvalue weighted by molar-refractivity contribution is -0.385. The molecule has 0 atom stereocenters. The highest BCUT2D eigenvalue weighted by Gasteiger charge is 2.18. The van der Waals surface area contributed by atoms with Crippen molar-refractivity contribution in [3.63, 3.8) is 0 Å². The van der Waals surface area contributed by atoms with Gasteiger partial charge in [0.05, 0.1) is 4.92 Å². The molecule has 1 aromatic carbocycles. The van der Waals surface area contributed by atoms with Gasteiger partial charge in [0, 0.05) is 10.5 Å². The van der Waals surface area contributed by atoms with Crippen LogP contribution in [0.2, 0.25) is 0 Å². The Labute approximate surface area is 100 Å². The molecule has 6 nitrogen and oxygen atoms in total. The van der Waals surface area contributed by atoms with E-state index < -0.39 is 4.92 Å². The fraction of sp³-hybridized carbons (Fsp3) is 0.222. The van der Waals surface area contributed by atoms with Gasteiger partial charge in [-0.2, -0.15) is 0 Å². The van der Waals surface area contributed by atoms with Crippen molar-refractivity contribution < 1.29 is 9.66 Å². The van der Waals surface area contributed by atoms with Crippen LogP contribution in [0, 0.1) is 22.4 Å². The highest BCUT2D eigenvalue weighted by Crippen LogP contribution is 2.33. The first kappa shape index (κ1) is 12.4. The van der Waals surface area contributed by atoms with Crippen molar-refractivity contribution in [1.82, 2.24) is 0 Å². The third-order valence-corrected chi connectivity index (χ3v) is 2.25. The first-order valence-electron chi connectivity index (χ1n) is 4.32. The van der Waals surface area contributed by atoms with E-state index in [0.29, 0.717) is 10.0 Å². The SMILES string of the molecule is Cc1cc(Br)cc([N+](=O)[O-])c1OCC(=N)N. The van der Waals surface area contributed by atoms with Crippen LogP contribution < -0.4 is 10.5 Å². The molecule has 0 bridgehead atoms. The molecule has 0 fully saturated rings. The second kappa shape index (κ2) is 4.93. The standard InChI is InChI=1S/C9H10BrN3O3/c1-5-2-6(10)3-7(13(14)15)9(5)16-4-8(11)12/h2-3H,4H2,1H3,(H3,11,12). The number of rotatable bonds is 4. The number of nitro groups is 1. The maximum Gasteiger partial charge on any atom is 0.312 e. The van der Waals surface area contributed by atoms with Gasteiger partial charge in [-0.15, -0.1) is 0 Å². The van der Waals surface area contributed by atoms with E-state index in [4.69, 9.17) is 15.9 Å². The van der Waals surface area contributed by atoms with Crippen LogP contribution in [0.3, 0.4) is 0 Å². The Morgan fingerprint density at radius 2 is 2.31 bits per heavy atom. The molecule has 86 valence electrons. The lowest BCUT2D eigenvalue weighted by Crippen LogP contribution is -2.19. The highest BCUT2D eigenvalue weighted by molar-refractivity contribution is 9.10. The zero-order chi connectivity index (χ0) is 12.3. The molecule has 0 amide bonds. The van der Waals surface area contributed by atoms with Gasteiger partial charge in [-0.25, -0.2) is 0 Å². The van der Waals surface area contributed by atoms with E-state index >= 15 is 0 Å². The first-order valence-corrected chi connectivity index (χ1v) is 5.11. The number of nitrogens with one attached hydrogen (secondary N) is 1. The summed E-state index contributed by atoms with van der Waals surface area (Å²) in [4.78, 5) is 10.3. The summed E-state index contributed by atoms with van der Waals surface area (Å²) in [5, 5.41) is 17.8. The number of nitrogens with two attached hydrogens (primary N) is 1. The van der Waals surface area contributed by atoms with Crippen molar-refractivity contribution in [1.29, 1.82) is 5.41 Å². The van der Waals surface area contributed by atoms with Gasteiger partial charge in [0.2, 0.25) is 5.75 Å². The molecule has 7 heteroatoms. The minimum absolute atomic E-state index is 0.142. The average molecular weight is 288 g/mol. The molecule has 1 rings (SSSR count). The van der Waals surface area contributed by atoms with Crippen LogP contribution in [0.15, 0.2) is 16.6 Å². The molecule has 0 aliphatic heterocycles. The maximum atomic E-state index is 10.8. The van der Waals surface area contributed by atoms with Crippen molar-refractivity contribution >= 4 is 27.5 Å². The van der Waals surface area contributed by atoms with Crippen molar-refractivity contribution in [2.75, 3.05) is 6.61 Å². The zero-order valence-electron chi connectivity index (χ0n) is 8.49. The third kappa shape index (κ3) is 2.93. The minimum Gasteiger partial charge on any atom is -0.479 e. The van der Waals surface area contributed by atoms with E-state index in [-0.39, 0.29) is 23.9 Å². The molecule has 0 heterocycles. The molecule has 0 saturated heterocycles. The van der Waals surface area contributed by atoms with Crippen molar-refractivity contribution in [3.8, 4) is 5.75 Å². The van der Waals surface area contributed by atoms with Gasteiger partial charge < -0.3 is 10.5 Å². The van der Waals surface area contributed by atoms with Gasteiger partial charge in [0.1, 0.15) is 12.4 Å². The number of nitrogens with zero attached hydrogens (tertiary/aromatic N) is 1. The largest absolute Gasteiger partial charge is 0.479 e. The molecule has 0 aliphatic carbocycles. The molecule has 0 unspecified atom stereocenters. The molecule has 0 aromatic heterocycles. The number of benzene rings is 1. The van der Waals surface area contributed by atoms with Crippen LogP contribution >= 0.6 is 15.9 Å². The molecular formula is C9H10BrN3O3. The van der Waals surface area contributed by atoms with E-state index in [1.807, 2.05) is 0 Å². The van der Waals surface area contributed by atoms with E-state index in [2.05, 4.69) is 15.9 Å². The second-order valence-electron chi connectivity index (χ2n) is 3.14. The summed E-state index contributed by atoms with van der Waals surface area (Å²) in [7, 11) is 0. The molecule has 0 radical (unpaired) electrons. The molecule has 0 saturated carbocycles.